The SMILES string of the molecule is CC(C)(C)CCCCC(OO)C(=O)O. The second kappa shape index (κ2) is 5.98. The summed E-state index contributed by atoms with van der Waals surface area (Å²) in [5, 5.41) is 16.8. The van der Waals surface area contributed by atoms with Crippen LogP contribution in [0.4, 0.5) is 0 Å². The van der Waals surface area contributed by atoms with Gasteiger partial charge in [0.25, 0.3) is 0 Å². The summed E-state index contributed by atoms with van der Waals surface area (Å²) in [5.74, 6) is -1.11. The summed E-state index contributed by atoms with van der Waals surface area (Å²) in [5.41, 5.74) is 0.277. The molecule has 0 bridgehead atoms. The number of carbonyl (C=O) groups is 1. The van der Waals surface area contributed by atoms with E-state index in [1.54, 1.807) is 0 Å². The maximum absolute atomic E-state index is 10.4. The zero-order valence-electron chi connectivity index (χ0n) is 9.12. The van der Waals surface area contributed by atoms with Crippen molar-refractivity contribution in [1.29, 1.82) is 0 Å². The highest BCUT2D eigenvalue weighted by Crippen LogP contribution is 2.22. The highest BCUT2D eigenvalue weighted by molar-refractivity contribution is 5.72. The quantitative estimate of drug-likeness (QED) is 0.396. The third-order valence-corrected chi connectivity index (χ3v) is 2.05. The van der Waals surface area contributed by atoms with E-state index in [4.69, 9.17) is 10.4 Å². The van der Waals surface area contributed by atoms with Crippen LogP contribution in [-0.2, 0) is 9.68 Å². The number of carboxylic acid groups (broad SMARTS) is 1. The standard InChI is InChI=1S/C10H20O4/c1-10(2,3)7-5-4-6-8(14-13)9(11)12/h8,13H,4-7H2,1-3H3,(H,11,12). The fourth-order valence-corrected chi connectivity index (χ4v) is 1.21. The molecule has 0 aromatic carbocycles. The Morgan fingerprint density at radius 2 is 1.93 bits per heavy atom. The molecule has 0 aliphatic rings. The van der Waals surface area contributed by atoms with E-state index in [1.165, 1.54) is 0 Å². The normalized spacial score (nSPS) is 14.0. The second-order valence-electron chi connectivity index (χ2n) is 4.74. The Morgan fingerprint density at radius 3 is 2.29 bits per heavy atom. The predicted molar refractivity (Wildman–Crippen MR) is 53.1 cm³/mol. The Morgan fingerprint density at radius 1 is 1.36 bits per heavy atom. The van der Waals surface area contributed by atoms with Gasteiger partial charge in [0.2, 0.25) is 0 Å². The molecule has 0 fully saturated rings. The molecular weight excluding hydrogens is 184 g/mol. The topological polar surface area (TPSA) is 66.8 Å². The van der Waals surface area contributed by atoms with E-state index in [0.717, 1.165) is 19.3 Å². The number of hydrogen-bond acceptors (Lipinski definition) is 3. The van der Waals surface area contributed by atoms with Gasteiger partial charge >= 0.3 is 5.97 Å². The third kappa shape index (κ3) is 6.86. The number of rotatable bonds is 6. The van der Waals surface area contributed by atoms with Crippen LogP contribution in [0.15, 0.2) is 0 Å². The second-order valence-corrected chi connectivity index (χ2v) is 4.74. The summed E-state index contributed by atoms with van der Waals surface area (Å²) >= 11 is 0. The molecule has 4 heteroatoms. The Balaban J connectivity index is 3.58. The van der Waals surface area contributed by atoms with Crippen molar-refractivity contribution in [2.45, 2.75) is 52.6 Å². The molecular formula is C10H20O4. The first-order valence-electron chi connectivity index (χ1n) is 4.90. The van der Waals surface area contributed by atoms with Crippen LogP contribution in [0.3, 0.4) is 0 Å². The lowest BCUT2D eigenvalue weighted by Crippen LogP contribution is -2.22. The summed E-state index contributed by atoms with van der Waals surface area (Å²) in [4.78, 5) is 14.3. The van der Waals surface area contributed by atoms with Crippen LogP contribution < -0.4 is 0 Å². The minimum absolute atomic E-state index is 0.277. The van der Waals surface area contributed by atoms with Gasteiger partial charge in [-0.25, -0.2) is 9.68 Å². The first kappa shape index (κ1) is 13.4. The van der Waals surface area contributed by atoms with Crippen molar-refractivity contribution in [3.8, 4) is 0 Å². The van der Waals surface area contributed by atoms with Crippen molar-refractivity contribution in [3.05, 3.63) is 0 Å². The molecule has 2 N–H and O–H groups in total. The van der Waals surface area contributed by atoms with Gasteiger partial charge < -0.3 is 5.11 Å². The van der Waals surface area contributed by atoms with Crippen molar-refractivity contribution in [3.63, 3.8) is 0 Å². The van der Waals surface area contributed by atoms with E-state index in [-0.39, 0.29) is 5.41 Å². The van der Waals surface area contributed by atoms with Gasteiger partial charge in [-0.05, 0) is 18.3 Å². The van der Waals surface area contributed by atoms with E-state index in [1.807, 2.05) is 0 Å². The fourth-order valence-electron chi connectivity index (χ4n) is 1.21. The molecule has 0 heterocycles. The van der Waals surface area contributed by atoms with Gasteiger partial charge in [-0.2, -0.15) is 0 Å². The van der Waals surface area contributed by atoms with E-state index >= 15 is 0 Å². The average Bonchev–Trinajstić information content (AvgIpc) is 2.01. The average molecular weight is 204 g/mol. The summed E-state index contributed by atoms with van der Waals surface area (Å²) in [6.45, 7) is 6.43. The highest BCUT2D eigenvalue weighted by atomic mass is 17.1. The van der Waals surface area contributed by atoms with E-state index < -0.39 is 12.1 Å². The number of carboxylic acids is 1. The Bertz CT molecular complexity index is 171. The molecule has 0 aromatic rings. The van der Waals surface area contributed by atoms with Crippen LogP contribution in [0.25, 0.3) is 0 Å². The maximum atomic E-state index is 10.4. The van der Waals surface area contributed by atoms with Crippen LogP contribution in [0.1, 0.15) is 46.5 Å². The van der Waals surface area contributed by atoms with E-state index in [9.17, 15) is 4.79 Å². The van der Waals surface area contributed by atoms with Gasteiger partial charge in [0.1, 0.15) is 0 Å². The van der Waals surface area contributed by atoms with Crippen molar-refractivity contribution < 1.29 is 20.0 Å². The molecule has 1 unspecified atom stereocenters. The smallest absolute Gasteiger partial charge is 0.336 e. The first-order valence-corrected chi connectivity index (χ1v) is 4.90. The highest BCUT2D eigenvalue weighted by Gasteiger charge is 2.18. The molecule has 0 saturated carbocycles. The van der Waals surface area contributed by atoms with E-state index in [0.29, 0.717) is 6.42 Å². The molecule has 0 aliphatic heterocycles. The molecule has 0 rings (SSSR count). The Labute approximate surface area is 84.8 Å². The number of unbranched alkanes of at least 4 members (excludes halogenated alkanes) is 1. The van der Waals surface area contributed by atoms with E-state index in [2.05, 4.69) is 25.7 Å². The van der Waals surface area contributed by atoms with Crippen molar-refractivity contribution in [2.75, 3.05) is 0 Å². The molecule has 0 saturated heterocycles. The summed E-state index contributed by atoms with van der Waals surface area (Å²) < 4.78 is 0. The van der Waals surface area contributed by atoms with Gasteiger partial charge in [0.05, 0.1) is 0 Å². The van der Waals surface area contributed by atoms with Crippen molar-refractivity contribution in [1.82, 2.24) is 0 Å². The summed E-state index contributed by atoms with van der Waals surface area (Å²) in [7, 11) is 0. The van der Waals surface area contributed by atoms with Gasteiger partial charge in [-0.1, -0.05) is 33.6 Å². The molecule has 0 radical (unpaired) electrons. The molecule has 0 aliphatic carbocycles. The molecule has 14 heavy (non-hydrogen) atoms. The van der Waals surface area contributed by atoms with Crippen LogP contribution in [-0.4, -0.2) is 22.4 Å². The zero-order valence-corrected chi connectivity index (χ0v) is 9.12. The minimum atomic E-state index is -1.11. The lowest BCUT2D eigenvalue weighted by atomic mass is 9.89. The van der Waals surface area contributed by atoms with Crippen LogP contribution in [0, 0.1) is 5.41 Å². The summed E-state index contributed by atoms with van der Waals surface area (Å²) in [6, 6.07) is 0. The third-order valence-electron chi connectivity index (χ3n) is 2.05. The van der Waals surface area contributed by atoms with Crippen LogP contribution >= 0.6 is 0 Å². The maximum Gasteiger partial charge on any atom is 0.336 e. The van der Waals surface area contributed by atoms with Crippen molar-refractivity contribution in [2.24, 2.45) is 5.41 Å². The van der Waals surface area contributed by atoms with Crippen LogP contribution in [0.2, 0.25) is 0 Å². The van der Waals surface area contributed by atoms with Gasteiger partial charge in [-0.3, -0.25) is 5.26 Å². The Hall–Kier alpha value is -0.610. The minimum Gasteiger partial charge on any atom is -0.479 e. The lowest BCUT2D eigenvalue weighted by molar-refractivity contribution is -0.277. The van der Waals surface area contributed by atoms with Gasteiger partial charge in [0.15, 0.2) is 6.10 Å². The van der Waals surface area contributed by atoms with Gasteiger partial charge in [-0.15, -0.1) is 0 Å². The monoisotopic (exact) mass is 204 g/mol. The molecule has 4 nitrogen and oxygen atoms in total. The molecule has 84 valence electrons. The molecule has 1 atom stereocenters. The zero-order chi connectivity index (χ0) is 11.2. The lowest BCUT2D eigenvalue weighted by Gasteiger charge is -2.17. The Kier molecular flexibility index (Phi) is 5.72. The number of hydrogen-bond donors (Lipinski definition) is 2. The molecule has 0 aromatic heterocycles. The predicted octanol–water partition coefficient (Wildman–Crippen LogP) is 2.54. The molecule has 0 spiro atoms. The summed E-state index contributed by atoms with van der Waals surface area (Å²) in [6.07, 6.45) is 2.05. The van der Waals surface area contributed by atoms with Crippen LogP contribution in [0.5, 0.6) is 0 Å². The first-order chi connectivity index (χ1) is 6.37. The fraction of sp³-hybridized carbons (Fsp3) is 0.900. The van der Waals surface area contributed by atoms with Crippen molar-refractivity contribution >= 4 is 5.97 Å². The molecule has 0 amide bonds. The van der Waals surface area contributed by atoms with Gasteiger partial charge in [0, 0.05) is 0 Å². The number of aliphatic carboxylic acids is 1. The largest absolute Gasteiger partial charge is 0.479 e.